The van der Waals surface area contributed by atoms with Crippen molar-refractivity contribution >= 4 is 5.97 Å². The van der Waals surface area contributed by atoms with Crippen LogP contribution in [0.2, 0.25) is 0 Å². The van der Waals surface area contributed by atoms with Crippen LogP contribution in [0.15, 0.2) is 0 Å². The Bertz CT molecular complexity index is 769. The summed E-state index contributed by atoms with van der Waals surface area (Å²) in [5, 5.41) is 19.7. The minimum absolute atomic E-state index is 0.0500. The molecule has 0 amide bonds. The van der Waals surface area contributed by atoms with Gasteiger partial charge in [0, 0.05) is 11.8 Å². The zero-order valence-corrected chi connectivity index (χ0v) is 18.7. The van der Waals surface area contributed by atoms with Gasteiger partial charge in [0.1, 0.15) is 5.60 Å². The first kappa shape index (κ1) is 31.6. The molecule has 1 aliphatic rings. The second kappa shape index (κ2) is 8.84. The molecule has 0 aliphatic heterocycles. The standard InChI is InChI=1S/C19H24F12O4/c1-5-13(3,16(20,21)22)11(32)35-12(2)7-9(14(4,33)17(23,24)25)6-10(8-12)15(34,18(26,27)28)19(29,30)31/h9-10,33-34H,5-8H2,1-4H3. The maximum Gasteiger partial charge on any atom is 0.426 e. The predicted molar refractivity (Wildman–Crippen MR) is 93.5 cm³/mol. The lowest BCUT2D eigenvalue weighted by atomic mass is 9.62. The summed E-state index contributed by atoms with van der Waals surface area (Å²) in [6.07, 6.45) is -29.4. The van der Waals surface area contributed by atoms with E-state index >= 15 is 0 Å². The van der Waals surface area contributed by atoms with Gasteiger partial charge >= 0.3 is 30.7 Å². The fourth-order valence-electron chi connectivity index (χ4n) is 4.12. The Hall–Kier alpha value is -1.45. The molecule has 2 N–H and O–H groups in total. The SMILES string of the molecule is CCC(C)(C(=O)OC1(C)CC(C(C)(O)C(F)(F)F)CC(C(O)(C(F)(F)F)C(F)(F)F)C1)C(F)(F)F. The van der Waals surface area contributed by atoms with Gasteiger partial charge in [-0.15, -0.1) is 0 Å². The molecule has 0 saturated heterocycles. The predicted octanol–water partition coefficient (Wildman–Crippen LogP) is 5.85. The number of hydrogen-bond donors (Lipinski definition) is 2. The highest BCUT2D eigenvalue weighted by atomic mass is 19.4. The van der Waals surface area contributed by atoms with Gasteiger partial charge in [-0.05, 0) is 46.5 Å². The molecule has 4 nitrogen and oxygen atoms in total. The topological polar surface area (TPSA) is 66.8 Å². The third-order valence-electron chi connectivity index (χ3n) is 6.87. The van der Waals surface area contributed by atoms with Gasteiger partial charge in [0.15, 0.2) is 11.0 Å². The average molecular weight is 544 g/mol. The lowest BCUT2D eigenvalue weighted by Gasteiger charge is -2.51. The van der Waals surface area contributed by atoms with Crippen molar-refractivity contribution in [2.75, 3.05) is 0 Å². The maximum absolute atomic E-state index is 13.4. The normalized spacial score (nSPS) is 28.7. The molecule has 5 atom stereocenters. The van der Waals surface area contributed by atoms with Crippen LogP contribution in [-0.2, 0) is 9.53 Å². The summed E-state index contributed by atoms with van der Waals surface area (Å²) < 4.78 is 166. The Morgan fingerprint density at radius 1 is 0.800 bits per heavy atom. The molecule has 16 heteroatoms. The Morgan fingerprint density at radius 3 is 1.51 bits per heavy atom. The van der Waals surface area contributed by atoms with Crippen LogP contribution in [-0.4, -0.2) is 57.7 Å². The van der Waals surface area contributed by atoms with Crippen molar-refractivity contribution in [3.05, 3.63) is 0 Å². The molecule has 1 aliphatic carbocycles. The van der Waals surface area contributed by atoms with E-state index < -0.39 is 90.4 Å². The number of carbonyl (C=O) groups excluding carboxylic acids is 1. The van der Waals surface area contributed by atoms with Gasteiger partial charge < -0.3 is 14.9 Å². The summed E-state index contributed by atoms with van der Waals surface area (Å²) in [5.41, 5.74) is -15.6. The molecule has 0 heterocycles. The van der Waals surface area contributed by atoms with Gasteiger partial charge in [0.25, 0.3) is 5.60 Å². The summed E-state index contributed by atoms with van der Waals surface area (Å²) in [6, 6.07) is 0. The number of rotatable bonds is 5. The van der Waals surface area contributed by atoms with E-state index in [0.29, 0.717) is 13.8 Å². The van der Waals surface area contributed by atoms with Crippen LogP contribution in [0, 0.1) is 17.3 Å². The lowest BCUT2D eigenvalue weighted by Crippen LogP contribution is -2.66. The van der Waals surface area contributed by atoms with E-state index in [1.807, 2.05) is 0 Å². The molecule has 35 heavy (non-hydrogen) atoms. The molecule has 1 fully saturated rings. The quantitative estimate of drug-likeness (QED) is 0.337. The highest BCUT2D eigenvalue weighted by Crippen LogP contribution is 2.57. The Balaban J connectivity index is 3.69. The molecule has 0 aromatic carbocycles. The van der Waals surface area contributed by atoms with Gasteiger partial charge in [-0.1, -0.05) is 6.92 Å². The van der Waals surface area contributed by atoms with E-state index in [1.165, 1.54) is 0 Å². The number of hydrogen-bond acceptors (Lipinski definition) is 4. The molecule has 0 spiro atoms. The monoisotopic (exact) mass is 544 g/mol. The van der Waals surface area contributed by atoms with Gasteiger partial charge in [-0.2, -0.15) is 52.7 Å². The van der Waals surface area contributed by atoms with Gasteiger partial charge in [-0.25, -0.2) is 0 Å². The molecule has 0 aromatic heterocycles. The minimum Gasteiger partial charge on any atom is -0.459 e. The van der Waals surface area contributed by atoms with Crippen LogP contribution in [0.1, 0.15) is 53.4 Å². The van der Waals surface area contributed by atoms with Gasteiger partial charge in [-0.3, -0.25) is 4.79 Å². The van der Waals surface area contributed by atoms with Crippen molar-refractivity contribution in [1.82, 2.24) is 0 Å². The smallest absolute Gasteiger partial charge is 0.426 e. The van der Waals surface area contributed by atoms with Crippen molar-refractivity contribution in [3.8, 4) is 0 Å². The second-order valence-corrected chi connectivity index (χ2v) is 9.47. The number of carbonyl (C=O) groups is 1. The lowest BCUT2D eigenvalue weighted by molar-refractivity contribution is -0.393. The molecule has 0 bridgehead atoms. The highest BCUT2D eigenvalue weighted by Gasteiger charge is 2.76. The first-order valence-corrected chi connectivity index (χ1v) is 10.1. The number of aliphatic hydroxyl groups is 2. The van der Waals surface area contributed by atoms with E-state index in [-0.39, 0.29) is 6.92 Å². The molecule has 5 unspecified atom stereocenters. The van der Waals surface area contributed by atoms with Gasteiger partial charge in [0.2, 0.25) is 0 Å². The zero-order chi connectivity index (χ0) is 28.3. The third kappa shape index (κ3) is 5.47. The van der Waals surface area contributed by atoms with Crippen molar-refractivity contribution < 1.29 is 72.4 Å². The molecular weight excluding hydrogens is 520 g/mol. The summed E-state index contributed by atoms with van der Waals surface area (Å²) in [7, 11) is 0. The fourth-order valence-corrected chi connectivity index (χ4v) is 4.12. The van der Waals surface area contributed by atoms with Crippen LogP contribution in [0.25, 0.3) is 0 Å². The van der Waals surface area contributed by atoms with Crippen LogP contribution in [0.5, 0.6) is 0 Å². The summed E-state index contributed by atoms with van der Waals surface area (Å²) >= 11 is 0. The van der Waals surface area contributed by atoms with Crippen molar-refractivity contribution in [1.29, 1.82) is 0 Å². The minimum atomic E-state index is -6.49. The summed E-state index contributed by atoms with van der Waals surface area (Å²) in [6.45, 7) is 1.82. The number of esters is 1. The molecular formula is C19H24F12O4. The van der Waals surface area contributed by atoms with E-state index in [0.717, 1.165) is 6.92 Å². The number of ether oxygens (including phenoxy) is 1. The second-order valence-electron chi connectivity index (χ2n) is 9.47. The molecule has 1 saturated carbocycles. The first-order valence-electron chi connectivity index (χ1n) is 10.1. The largest absolute Gasteiger partial charge is 0.459 e. The number of alkyl halides is 12. The van der Waals surface area contributed by atoms with Crippen molar-refractivity contribution in [2.45, 2.75) is 94.9 Å². The van der Waals surface area contributed by atoms with E-state index in [4.69, 9.17) is 0 Å². The van der Waals surface area contributed by atoms with Crippen molar-refractivity contribution in [2.24, 2.45) is 17.3 Å². The highest BCUT2D eigenvalue weighted by molar-refractivity contribution is 5.77. The van der Waals surface area contributed by atoms with Crippen molar-refractivity contribution in [3.63, 3.8) is 0 Å². The fraction of sp³-hybridized carbons (Fsp3) is 0.947. The summed E-state index contributed by atoms with van der Waals surface area (Å²) in [5.74, 6) is -7.86. The Morgan fingerprint density at radius 2 is 1.20 bits per heavy atom. The Labute approximate surface area is 191 Å². The first-order chi connectivity index (χ1) is 15.1. The summed E-state index contributed by atoms with van der Waals surface area (Å²) in [4.78, 5) is 12.4. The zero-order valence-electron chi connectivity index (χ0n) is 18.7. The van der Waals surface area contributed by atoms with Gasteiger partial charge in [0.05, 0.1) is 0 Å². The molecule has 208 valence electrons. The van der Waals surface area contributed by atoms with Crippen LogP contribution in [0.4, 0.5) is 52.7 Å². The van der Waals surface area contributed by atoms with E-state index in [2.05, 4.69) is 4.74 Å². The van der Waals surface area contributed by atoms with Crippen LogP contribution in [0.3, 0.4) is 0 Å². The maximum atomic E-state index is 13.4. The molecule has 0 radical (unpaired) electrons. The van der Waals surface area contributed by atoms with E-state index in [1.54, 1.807) is 0 Å². The molecule has 0 aromatic rings. The number of halogens is 12. The van der Waals surface area contributed by atoms with Crippen LogP contribution < -0.4 is 0 Å². The van der Waals surface area contributed by atoms with Crippen LogP contribution >= 0.6 is 0 Å². The van der Waals surface area contributed by atoms with E-state index in [9.17, 15) is 67.7 Å². The third-order valence-corrected chi connectivity index (χ3v) is 6.87. The average Bonchev–Trinajstić information content (AvgIpc) is 2.61. The molecule has 1 rings (SSSR count). The Kier molecular flexibility index (Phi) is 7.97.